The summed E-state index contributed by atoms with van der Waals surface area (Å²) in [6.07, 6.45) is 3.67. The van der Waals surface area contributed by atoms with Crippen LogP contribution in [0.3, 0.4) is 0 Å². The summed E-state index contributed by atoms with van der Waals surface area (Å²) < 4.78 is 5.43. The van der Waals surface area contributed by atoms with Crippen LogP contribution in [-0.4, -0.2) is 50.0 Å². The molecular weight excluding hydrogens is 166 g/mol. The van der Waals surface area contributed by atoms with E-state index in [9.17, 15) is 0 Å². The lowest BCUT2D eigenvalue weighted by atomic mass is 10.3. The third-order valence-corrected chi connectivity index (χ3v) is 1.99. The highest BCUT2D eigenvalue weighted by Gasteiger charge is 1.95. The zero-order valence-electron chi connectivity index (χ0n) is 8.96. The molecule has 0 aliphatic heterocycles. The van der Waals surface area contributed by atoms with Crippen molar-refractivity contribution in [2.75, 3.05) is 40.0 Å². The Bertz CT molecular complexity index is 98.9. The molecule has 3 nitrogen and oxygen atoms in total. The average molecular weight is 189 g/mol. The van der Waals surface area contributed by atoms with Crippen LogP contribution in [0.15, 0.2) is 0 Å². The van der Waals surface area contributed by atoms with Gasteiger partial charge in [0.15, 0.2) is 0 Å². The SMILES string of the molecule is CCCCCOCCN(C)CCO. The Morgan fingerprint density at radius 3 is 2.54 bits per heavy atom. The first-order chi connectivity index (χ1) is 6.31. The molecule has 0 aromatic heterocycles. The van der Waals surface area contributed by atoms with Gasteiger partial charge in [-0.15, -0.1) is 0 Å². The maximum atomic E-state index is 8.63. The maximum Gasteiger partial charge on any atom is 0.0593 e. The molecule has 0 spiro atoms. The van der Waals surface area contributed by atoms with Gasteiger partial charge in [0, 0.05) is 19.7 Å². The fourth-order valence-corrected chi connectivity index (χ4v) is 1.06. The normalized spacial score (nSPS) is 11.1. The van der Waals surface area contributed by atoms with E-state index in [1.807, 2.05) is 7.05 Å². The van der Waals surface area contributed by atoms with E-state index in [0.717, 1.165) is 26.3 Å². The second-order valence-corrected chi connectivity index (χ2v) is 3.35. The molecule has 13 heavy (non-hydrogen) atoms. The molecule has 0 amide bonds. The molecule has 0 aromatic carbocycles. The summed E-state index contributed by atoms with van der Waals surface area (Å²) in [7, 11) is 1.99. The fourth-order valence-electron chi connectivity index (χ4n) is 1.06. The van der Waals surface area contributed by atoms with Crippen molar-refractivity contribution >= 4 is 0 Å². The maximum absolute atomic E-state index is 8.63. The van der Waals surface area contributed by atoms with E-state index in [-0.39, 0.29) is 6.61 Å². The Morgan fingerprint density at radius 1 is 1.15 bits per heavy atom. The summed E-state index contributed by atoms with van der Waals surface area (Å²) in [5, 5.41) is 8.63. The summed E-state index contributed by atoms with van der Waals surface area (Å²) in [5.41, 5.74) is 0. The van der Waals surface area contributed by atoms with Gasteiger partial charge in [-0.1, -0.05) is 19.8 Å². The number of unbranched alkanes of at least 4 members (excludes halogenated alkanes) is 2. The molecule has 0 bridgehead atoms. The fraction of sp³-hybridized carbons (Fsp3) is 1.00. The van der Waals surface area contributed by atoms with Crippen molar-refractivity contribution in [2.24, 2.45) is 0 Å². The molecule has 80 valence electrons. The van der Waals surface area contributed by atoms with Gasteiger partial charge >= 0.3 is 0 Å². The number of hydrogen-bond acceptors (Lipinski definition) is 3. The molecule has 0 aliphatic carbocycles. The molecule has 0 aliphatic rings. The van der Waals surface area contributed by atoms with Gasteiger partial charge in [-0.25, -0.2) is 0 Å². The van der Waals surface area contributed by atoms with Crippen molar-refractivity contribution in [2.45, 2.75) is 26.2 Å². The summed E-state index contributed by atoms with van der Waals surface area (Å²) in [6.45, 7) is 5.72. The molecule has 0 fully saturated rings. The Kier molecular flexibility index (Phi) is 9.87. The second kappa shape index (κ2) is 9.96. The lowest BCUT2D eigenvalue weighted by Gasteiger charge is -2.14. The van der Waals surface area contributed by atoms with Crippen molar-refractivity contribution in [3.05, 3.63) is 0 Å². The number of rotatable bonds is 9. The minimum atomic E-state index is 0.229. The molecule has 0 rings (SSSR count). The van der Waals surface area contributed by atoms with E-state index in [1.54, 1.807) is 0 Å². The molecule has 0 aromatic rings. The first-order valence-electron chi connectivity index (χ1n) is 5.18. The number of hydrogen-bond donors (Lipinski definition) is 1. The Morgan fingerprint density at radius 2 is 1.92 bits per heavy atom. The van der Waals surface area contributed by atoms with Gasteiger partial charge in [-0.3, -0.25) is 0 Å². The molecule has 0 saturated carbocycles. The Hall–Kier alpha value is -0.120. The van der Waals surface area contributed by atoms with E-state index in [2.05, 4.69) is 11.8 Å². The molecule has 1 N–H and O–H groups in total. The zero-order chi connectivity index (χ0) is 9.94. The number of likely N-dealkylation sites (N-methyl/N-ethyl adjacent to an activating group) is 1. The summed E-state index contributed by atoms with van der Waals surface area (Å²) in [5.74, 6) is 0. The van der Waals surface area contributed by atoms with Gasteiger partial charge < -0.3 is 14.7 Å². The zero-order valence-corrected chi connectivity index (χ0v) is 8.96. The summed E-state index contributed by atoms with van der Waals surface area (Å²) >= 11 is 0. The highest BCUT2D eigenvalue weighted by Crippen LogP contribution is 1.94. The molecule has 0 unspecified atom stereocenters. The van der Waals surface area contributed by atoms with Crippen molar-refractivity contribution in [1.29, 1.82) is 0 Å². The van der Waals surface area contributed by atoms with Crippen LogP contribution in [0, 0.1) is 0 Å². The predicted octanol–water partition coefficient (Wildman–Crippen LogP) is 1.12. The smallest absolute Gasteiger partial charge is 0.0593 e. The number of nitrogens with zero attached hydrogens (tertiary/aromatic N) is 1. The van der Waals surface area contributed by atoms with Crippen LogP contribution >= 0.6 is 0 Å². The highest BCUT2D eigenvalue weighted by molar-refractivity contribution is 4.48. The van der Waals surface area contributed by atoms with Crippen molar-refractivity contribution in [1.82, 2.24) is 4.90 Å². The van der Waals surface area contributed by atoms with Crippen molar-refractivity contribution in [3.8, 4) is 0 Å². The van der Waals surface area contributed by atoms with E-state index in [4.69, 9.17) is 9.84 Å². The van der Waals surface area contributed by atoms with Gasteiger partial charge in [0.1, 0.15) is 0 Å². The van der Waals surface area contributed by atoms with Crippen LogP contribution in [0.2, 0.25) is 0 Å². The van der Waals surface area contributed by atoms with Crippen LogP contribution in [0.25, 0.3) is 0 Å². The summed E-state index contributed by atoms with van der Waals surface area (Å²) in [6, 6.07) is 0. The topological polar surface area (TPSA) is 32.7 Å². The lowest BCUT2D eigenvalue weighted by molar-refractivity contribution is 0.102. The molecule has 3 heteroatoms. The second-order valence-electron chi connectivity index (χ2n) is 3.35. The van der Waals surface area contributed by atoms with Gasteiger partial charge in [0.25, 0.3) is 0 Å². The van der Waals surface area contributed by atoms with Gasteiger partial charge in [0.05, 0.1) is 13.2 Å². The Balaban J connectivity index is 2.97. The van der Waals surface area contributed by atoms with Crippen molar-refractivity contribution in [3.63, 3.8) is 0 Å². The van der Waals surface area contributed by atoms with Crippen LogP contribution in [-0.2, 0) is 4.74 Å². The molecule has 0 radical (unpaired) electrons. The van der Waals surface area contributed by atoms with Crippen LogP contribution < -0.4 is 0 Å². The van der Waals surface area contributed by atoms with Gasteiger partial charge in [0.2, 0.25) is 0 Å². The lowest BCUT2D eigenvalue weighted by Crippen LogP contribution is -2.26. The largest absolute Gasteiger partial charge is 0.395 e. The van der Waals surface area contributed by atoms with E-state index < -0.39 is 0 Å². The molecule has 0 atom stereocenters. The molecule has 0 heterocycles. The van der Waals surface area contributed by atoms with E-state index in [1.165, 1.54) is 19.3 Å². The third-order valence-electron chi connectivity index (χ3n) is 1.99. The first-order valence-corrected chi connectivity index (χ1v) is 5.18. The number of aliphatic hydroxyl groups excluding tert-OH is 1. The van der Waals surface area contributed by atoms with Gasteiger partial charge in [-0.2, -0.15) is 0 Å². The van der Waals surface area contributed by atoms with E-state index >= 15 is 0 Å². The minimum absolute atomic E-state index is 0.229. The van der Waals surface area contributed by atoms with Gasteiger partial charge in [-0.05, 0) is 13.5 Å². The number of ether oxygens (including phenoxy) is 1. The average Bonchev–Trinajstić information content (AvgIpc) is 2.11. The molecule has 0 saturated heterocycles. The summed E-state index contributed by atoms with van der Waals surface area (Å²) in [4.78, 5) is 2.07. The monoisotopic (exact) mass is 189 g/mol. The Labute approximate surface area is 81.7 Å². The third kappa shape index (κ3) is 9.80. The highest BCUT2D eigenvalue weighted by atomic mass is 16.5. The van der Waals surface area contributed by atoms with Crippen LogP contribution in [0.5, 0.6) is 0 Å². The quantitative estimate of drug-likeness (QED) is 0.552. The van der Waals surface area contributed by atoms with E-state index in [0.29, 0.717) is 0 Å². The predicted molar refractivity (Wildman–Crippen MR) is 54.9 cm³/mol. The van der Waals surface area contributed by atoms with Crippen LogP contribution in [0.1, 0.15) is 26.2 Å². The van der Waals surface area contributed by atoms with Crippen LogP contribution in [0.4, 0.5) is 0 Å². The van der Waals surface area contributed by atoms with Crippen molar-refractivity contribution < 1.29 is 9.84 Å². The standard InChI is InChI=1S/C10H23NO2/c1-3-4-5-9-13-10-7-11(2)6-8-12/h12H,3-10H2,1-2H3. The first kappa shape index (κ1) is 12.9. The molecular formula is C10H23NO2. The number of aliphatic hydroxyl groups is 1. The minimum Gasteiger partial charge on any atom is -0.395 e.